The van der Waals surface area contributed by atoms with E-state index in [2.05, 4.69) is 4.74 Å². The van der Waals surface area contributed by atoms with Gasteiger partial charge in [-0.3, -0.25) is 4.79 Å². The van der Waals surface area contributed by atoms with Crippen LogP contribution in [0.25, 0.3) is 0 Å². The molecule has 1 aromatic rings. The zero-order chi connectivity index (χ0) is 18.9. The first-order chi connectivity index (χ1) is 11.7. The van der Waals surface area contributed by atoms with Crippen molar-refractivity contribution in [1.82, 2.24) is 0 Å². The number of hydrogen-bond acceptors (Lipinski definition) is 3. The molecule has 0 unspecified atom stereocenters. The molecule has 0 spiro atoms. The van der Waals surface area contributed by atoms with Gasteiger partial charge in [-0.05, 0) is 18.3 Å². The molecule has 26 heavy (non-hydrogen) atoms. The Morgan fingerprint density at radius 1 is 1.04 bits per heavy atom. The molecule has 1 aliphatic carbocycles. The molecule has 0 N–H and O–H groups in total. The van der Waals surface area contributed by atoms with Gasteiger partial charge in [0.15, 0.2) is 23.3 Å². The Morgan fingerprint density at radius 3 is 1.92 bits per heavy atom. The van der Waals surface area contributed by atoms with E-state index in [4.69, 9.17) is 4.74 Å². The first kappa shape index (κ1) is 22.2. The monoisotopic (exact) mass is 376 g/mol. The summed E-state index contributed by atoms with van der Waals surface area (Å²) in [6, 6.07) is 0. The number of ether oxygens (including phenoxy) is 2. The smallest absolute Gasteiger partial charge is 0.310 e. The summed E-state index contributed by atoms with van der Waals surface area (Å²) in [5, 5.41) is 0. The van der Waals surface area contributed by atoms with Crippen molar-refractivity contribution in [2.24, 2.45) is 17.3 Å². The second-order valence-electron chi connectivity index (χ2n) is 6.60. The van der Waals surface area contributed by atoms with E-state index in [1.165, 1.54) is 0 Å². The number of allylic oxidation sites excluding steroid dienone is 2. The molecule has 7 heteroatoms. The van der Waals surface area contributed by atoms with Crippen molar-refractivity contribution in [3.8, 4) is 0 Å². The molecule has 1 saturated carbocycles. The normalized spacial score (nSPS) is 20.8. The quantitative estimate of drug-likeness (QED) is 0.306. The van der Waals surface area contributed by atoms with Crippen molar-refractivity contribution in [1.29, 1.82) is 0 Å². The van der Waals surface area contributed by atoms with Crippen LogP contribution in [0.2, 0.25) is 0 Å². The van der Waals surface area contributed by atoms with E-state index in [0.717, 1.165) is 7.11 Å². The molecule has 1 aromatic carbocycles. The SMILES string of the molecule is C.C/C=C\[C@@H]1[C@@H](C(=O)OCc2c(F)c(F)c(COC)c(F)c2F)C1(C)C. The molecule has 0 heterocycles. The molecule has 0 radical (unpaired) electrons. The maximum atomic E-state index is 14.0. The molecule has 0 amide bonds. The van der Waals surface area contributed by atoms with Crippen LogP contribution in [-0.4, -0.2) is 13.1 Å². The van der Waals surface area contributed by atoms with Gasteiger partial charge < -0.3 is 9.47 Å². The molecule has 1 aliphatic rings. The minimum atomic E-state index is -1.58. The highest BCUT2D eigenvalue weighted by atomic mass is 19.2. The van der Waals surface area contributed by atoms with E-state index >= 15 is 0 Å². The summed E-state index contributed by atoms with van der Waals surface area (Å²) >= 11 is 0. The minimum absolute atomic E-state index is 0. The number of hydrogen-bond donors (Lipinski definition) is 0. The van der Waals surface area contributed by atoms with E-state index in [1.54, 1.807) is 6.08 Å². The first-order valence-electron chi connectivity index (χ1n) is 7.80. The Balaban J connectivity index is 0.00000338. The van der Waals surface area contributed by atoms with Gasteiger partial charge in [0, 0.05) is 7.11 Å². The number of esters is 1. The molecule has 0 bridgehead atoms. The predicted octanol–water partition coefficient (Wildman–Crippen LogP) is 4.92. The number of carbonyl (C=O) groups excluding carboxylic acids is 1. The molecule has 2 rings (SSSR count). The highest BCUT2D eigenvalue weighted by Crippen LogP contribution is 2.59. The number of halogens is 4. The Kier molecular flexibility index (Phi) is 6.99. The maximum absolute atomic E-state index is 14.0. The van der Waals surface area contributed by atoms with Gasteiger partial charge in [-0.2, -0.15) is 0 Å². The van der Waals surface area contributed by atoms with Gasteiger partial charge in [-0.15, -0.1) is 0 Å². The summed E-state index contributed by atoms with van der Waals surface area (Å²) in [6.45, 7) is 4.04. The van der Waals surface area contributed by atoms with Crippen LogP contribution >= 0.6 is 0 Å². The highest BCUT2D eigenvalue weighted by Gasteiger charge is 2.61. The van der Waals surface area contributed by atoms with Gasteiger partial charge in [0.1, 0.15) is 6.61 Å². The van der Waals surface area contributed by atoms with Crippen LogP contribution in [0.1, 0.15) is 39.3 Å². The van der Waals surface area contributed by atoms with Gasteiger partial charge in [-0.1, -0.05) is 33.4 Å². The molecule has 146 valence electrons. The van der Waals surface area contributed by atoms with Gasteiger partial charge in [0.05, 0.1) is 23.7 Å². The number of carbonyl (C=O) groups is 1. The van der Waals surface area contributed by atoms with Crippen LogP contribution in [-0.2, 0) is 27.5 Å². The molecule has 2 atom stereocenters. The Bertz CT molecular complexity index is 684. The van der Waals surface area contributed by atoms with Crippen molar-refractivity contribution < 1.29 is 31.8 Å². The van der Waals surface area contributed by atoms with Gasteiger partial charge in [0.25, 0.3) is 0 Å². The van der Waals surface area contributed by atoms with Crippen LogP contribution in [0.3, 0.4) is 0 Å². The summed E-state index contributed by atoms with van der Waals surface area (Å²) in [4.78, 5) is 12.1. The molecular formula is C19H24F4O3. The summed E-state index contributed by atoms with van der Waals surface area (Å²) in [6.07, 6.45) is 3.66. The molecule has 3 nitrogen and oxygen atoms in total. The topological polar surface area (TPSA) is 35.5 Å². The largest absolute Gasteiger partial charge is 0.460 e. The summed E-state index contributed by atoms with van der Waals surface area (Å²) < 4.78 is 65.2. The molecule has 1 fully saturated rings. The van der Waals surface area contributed by atoms with Crippen molar-refractivity contribution in [2.75, 3.05) is 7.11 Å². The lowest BCUT2D eigenvalue weighted by Crippen LogP contribution is -2.15. The van der Waals surface area contributed by atoms with Gasteiger partial charge in [0.2, 0.25) is 0 Å². The van der Waals surface area contributed by atoms with Crippen LogP contribution in [0.5, 0.6) is 0 Å². The van der Waals surface area contributed by atoms with Gasteiger partial charge in [-0.25, -0.2) is 17.6 Å². The Morgan fingerprint density at radius 2 is 1.50 bits per heavy atom. The second kappa shape index (κ2) is 8.20. The van der Waals surface area contributed by atoms with E-state index in [1.807, 2.05) is 26.8 Å². The van der Waals surface area contributed by atoms with Crippen LogP contribution < -0.4 is 0 Å². The van der Waals surface area contributed by atoms with E-state index in [9.17, 15) is 22.4 Å². The fourth-order valence-electron chi connectivity index (χ4n) is 3.05. The lowest BCUT2D eigenvalue weighted by atomic mass is 10.1. The van der Waals surface area contributed by atoms with E-state index < -0.39 is 59.5 Å². The first-order valence-corrected chi connectivity index (χ1v) is 7.80. The minimum Gasteiger partial charge on any atom is -0.460 e. The number of rotatable bonds is 6. The van der Waals surface area contributed by atoms with Crippen molar-refractivity contribution in [3.05, 3.63) is 46.5 Å². The van der Waals surface area contributed by atoms with Gasteiger partial charge >= 0.3 is 5.97 Å². The van der Waals surface area contributed by atoms with E-state index in [0.29, 0.717) is 0 Å². The molecule has 0 aliphatic heterocycles. The standard InChI is InChI=1S/C18H20F4O3.CH4/c1-5-6-11-12(18(11,2)3)17(23)25-8-10-15(21)13(19)9(7-24-4)14(20)16(10)22;/h5-6,11-12H,7-8H2,1-4H3;1H4/b6-5-;/t11-,12+;/m1./s1. The lowest BCUT2D eigenvalue weighted by Gasteiger charge is -2.12. The fourth-order valence-corrected chi connectivity index (χ4v) is 3.05. The van der Waals surface area contributed by atoms with Crippen LogP contribution in [0.4, 0.5) is 17.6 Å². The fraction of sp³-hybridized carbons (Fsp3) is 0.526. The van der Waals surface area contributed by atoms with Crippen molar-refractivity contribution >= 4 is 5.97 Å². The third kappa shape index (κ3) is 3.77. The molecule has 0 saturated heterocycles. The van der Waals surface area contributed by atoms with E-state index in [-0.39, 0.29) is 18.8 Å². The second-order valence-corrected chi connectivity index (χ2v) is 6.60. The number of benzene rings is 1. The Hall–Kier alpha value is -1.89. The zero-order valence-corrected chi connectivity index (χ0v) is 14.5. The predicted molar refractivity (Wildman–Crippen MR) is 89.1 cm³/mol. The zero-order valence-electron chi connectivity index (χ0n) is 14.5. The third-order valence-electron chi connectivity index (χ3n) is 4.66. The highest BCUT2D eigenvalue weighted by molar-refractivity contribution is 5.78. The molecular weight excluding hydrogens is 352 g/mol. The van der Waals surface area contributed by atoms with Crippen molar-refractivity contribution in [3.63, 3.8) is 0 Å². The summed E-state index contributed by atoms with van der Waals surface area (Å²) in [5.74, 6) is -7.43. The van der Waals surface area contributed by atoms with Crippen molar-refractivity contribution in [2.45, 2.75) is 41.4 Å². The maximum Gasteiger partial charge on any atom is 0.310 e. The van der Waals surface area contributed by atoms with Crippen LogP contribution in [0.15, 0.2) is 12.2 Å². The molecule has 0 aromatic heterocycles. The Labute approximate surface area is 151 Å². The number of methoxy groups -OCH3 is 1. The third-order valence-corrected chi connectivity index (χ3v) is 4.66. The lowest BCUT2D eigenvalue weighted by molar-refractivity contribution is -0.147. The van der Waals surface area contributed by atoms with Crippen LogP contribution in [0, 0.1) is 40.5 Å². The average molecular weight is 376 g/mol. The average Bonchev–Trinajstić information content (AvgIpc) is 3.10. The summed E-state index contributed by atoms with van der Waals surface area (Å²) in [5.41, 5.74) is -2.13. The summed E-state index contributed by atoms with van der Waals surface area (Å²) in [7, 11) is 1.14.